The molecule has 2 rings (SSSR count). The number of benzene rings is 1. The lowest BCUT2D eigenvalue weighted by atomic mass is 9.94. The van der Waals surface area contributed by atoms with Gasteiger partial charge in [-0.1, -0.05) is 11.6 Å². The van der Waals surface area contributed by atoms with Crippen molar-refractivity contribution in [3.05, 3.63) is 28.8 Å². The molecule has 1 atom stereocenters. The SMILES string of the molecule is COC1(C)CCCN(c2ccc(C(=O)O)cc2Cl)C1. The summed E-state index contributed by atoms with van der Waals surface area (Å²) < 4.78 is 5.55. The zero-order valence-corrected chi connectivity index (χ0v) is 11.9. The summed E-state index contributed by atoms with van der Waals surface area (Å²) in [6.45, 7) is 3.75. The lowest BCUT2D eigenvalue weighted by Gasteiger charge is -2.41. The first-order chi connectivity index (χ1) is 8.95. The van der Waals surface area contributed by atoms with E-state index in [4.69, 9.17) is 21.4 Å². The van der Waals surface area contributed by atoms with Crippen LogP contribution in [0.1, 0.15) is 30.1 Å². The smallest absolute Gasteiger partial charge is 0.335 e. The molecule has 1 aliphatic heterocycles. The molecule has 0 saturated carbocycles. The summed E-state index contributed by atoms with van der Waals surface area (Å²) in [5.41, 5.74) is 0.905. The van der Waals surface area contributed by atoms with Crippen LogP contribution in [0.2, 0.25) is 5.02 Å². The van der Waals surface area contributed by atoms with E-state index >= 15 is 0 Å². The fraction of sp³-hybridized carbons (Fsp3) is 0.500. The second-order valence-electron chi connectivity index (χ2n) is 5.15. The first-order valence-electron chi connectivity index (χ1n) is 6.28. The number of carboxylic acids is 1. The van der Waals surface area contributed by atoms with Gasteiger partial charge in [0.05, 0.1) is 21.9 Å². The number of halogens is 1. The molecule has 0 amide bonds. The van der Waals surface area contributed by atoms with Crippen molar-refractivity contribution in [1.82, 2.24) is 0 Å². The van der Waals surface area contributed by atoms with E-state index in [1.165, 1.54) is 6.07 Å². The highest BCUT2D eigenvalue weighted by atomic mass is 35.5. The van der Waals surface area contributed by atoms with Gasteiger partial charge in [0.25, 0.3) is 0 Å². The van der Waals surface area contributed by atoms with Crippen LogP contribution in [-0.4, -0.2) is 36.9 Å². The van der Waals surface area contributed by atoms with Crippen LogP contribution in [0.15, 0.2) is 18.2 Å². The van der Waals surface area contributed by atoms with Crippen molar-refractivity contribution in [1.29, 1.82) is 0 Å². The van der Waals surface area contributed by atoms with Crippen LogP contribution in [0.25, 0.3) is 0 Å². The highest BCUT2D eigenvalue weighted by molar-refractivity contribution is 6.33. The minimum absolute atomic E-state index is 0.174. The number of anilines is 1. The van der Waals surface area contributed by atoms with Crippen molar-refractivity contribution < 1.29 is 14.6 Å². The van der Waals surface area contributed by atoms with E-state index in [0.717, 1.165) is 31.6 Å². The van der Waals surface area contributed by atoms with Crippen LogP contribution in [0.4, 0.5) is 5.69 Å². The molecule has 4 nitrogen and oxygen atoms in total. The molecule has 1 N–H and O–H groups in total. The maximum Gasteiger partial charge on any atom is 0.335 e. The lowest BCUT2D eigenvalue weighted by Crippen LogP contribution is -2.47. The molecule has 19 heavy (non-hydrogen) atoms. The summed E-state index contributed by atoms with van der Waals surface area (Å²) in [5, 5.41) is 9.41. The summed E-state index contributed by atoms with van der Waals surface area (Å²) in [4.78, 5) is 13.1. The van der Waals surface area contributed by atoms with Gasteiger partial charge in [-0.25, -0.2) is 4.79 Å². The van der Waals surface area contributed by atoms with Gasteiger partial charge in [0.1, 0.15) is 0 Å². The summed E-state index contributed by atoms with van der Waals surface area (Å²) >= 11 is 6.20. The molecule has 5 heteroatoms. The summed E-state index contributed by atoms with van der Waals surface area (Å²) in [6, 6.07) is 4.85. The highest BCUT2D eigenvalue weighted by Crippen LogP contribution is 2.32. The zero-order valence-electron chi connectivity index (χ0n) is 11.1. The third-order valence-electron chi connectivity index (χ3n) is 3.69. The van der Waals surface area contributed by atoms with Crippen molar-refractivity contribution in [2.75, 3.05) is 25.1 Å². The number of nitrogens with zero attached hydrogens (tertiary/aromatic N) is 1. The van der Waals surface area contributed by atoms with Crippen molar-refractivity contribution in [3.63, 3.8) is 0 Å². The average molecular weight is 284 g/mol. The van der Waals surface area contributed by atoms with E-state index in [9.17, 15) is 4.79 Å². The molecule has 1 aromatic rings. The number of methoxy groups -OCH3 is 1. The lowest BCUT2D eigenvalue weighted by molar-refractivity contribution is -0.00465. The molecule has 1 heterocycles. The summed E-state index contributed by atoms with van der Waals surface area (Å²) in [7, 11) is 1.72. The monoisotopic (exact) mass is 283 g/mol. The second kappa shape index (κ2) is 5.39. The number of ether oxygens (including phenoxy) is 1. The van der Waals surface area contributed by atoms with Crippen LogP contribution < -0.4 is 4.90 Å². The van der Waals surface area contributed by atoms with Crippen LogP contribution in [0.3, 0.4) is 0 Å². The minimum Gasteiger partial charge on any atom is -0.478 e. The van der Waals surface area contributed by atoms with Gasteiger partial charge in [0, 0.05) is 20.2 Å². The number of carboxylic acid groups (broad SMARTS) is 1. The van der Waals surface area contributed by atoms with E-state index in [1.54, 1.807) is 19.2 Å². The molecule has 1 unspecified atom stereocenters. The fourth-order valence-electron chi connectivity index (χ4n) is 2.47. The maximum atomic E-state index is 10.9. The molecule has 104 valence electrons. The molecule has 0 bridgehead atoms. The molecule has 1 aromatic carbocycles. The quantitative estimate of drug-likeness (QED) is 0.926. The van der Waals surface area contributed by atoms with Gasteiger partial charge < -0.3 is 14.7 Å². The Morgan fingerprint density at radius 2 is 2.26 bits per heavy atom. The Kier molecular flexibility index (Phi) is 4.02. The van der Waals surface area contributed by atoms with Crippen molar-refractivity contribution in [3.8, 4) is 0 Å². The Morgan fingerprint density at radius 3 is 2.84 bits per heavy atom. The minimum atomic E-state index is -0.964. The Balaban J connectivity index is 2.24. The predicted octanol–water partition coefficient (Wildman–Crippen LogP) is 3.04. The topological polar surface area (TPSA) is 49.8 Å². The second-order valence-corrected chi connectivity index (χ2v) is 5.56. The fourth-order valence-corrected chi connectivity index (χ4v) is 2.77. The maximum absolute atomic E-state index is 10.9. The van der Waals surface area contributed by atoms with E-state index < -0.39 is 5.97 Å². The first-order valence-corrected chi connectivity index (χ1v) is 6.66. The third kappa shape index (κ3) is 3.01. The van der Waals surface area contributed by atoms with E-state index in [-0.39, 0.29) is 11.2 Å². The van der Waals surface area contributed by atoms with Crippen LogP contribution >= 0.6 is 11.6 Å². The van der Waals surface area contributed by atoms with E-state index in [0.29, 0.717) is 5.02 Å². The zero-order chi connectivity index (χ0) is 14.0. The average Bonchev–Trinajstić information content (AvgIpc) is 2.38. The Labute approximate surface area is 117 Å². The van der Waals surface area contributed by atoms with Gasteiger partial charge in [0.2, 0.25) is 0 Å². The van der Waals surface area contributed by atoms with Crippen molar-refractivity contribution in [2.45, 2.75) is 25.4 Å². The van der Waals surface area contributed by atoms with E-state index in [2.05, 4.69) is 11.8 Å². The first kappa shape index (κ1) is 14.2. The molecular weight excluding hydrogens is 266 g/mol. The molecule has 0 spiro atoms. The number of hydrogen-bond acceptors (Lipinski definition) is 3. The molecule has 0 aromatic heterocycles. The Bertz CT molecular complexity index is 492. The highest BCUT2D eigenvalue weighted by Gasteiger charge is 2.31. The van der Waals surface area contributed by atoms with Gasteiger partial charge in [-0.05, 0) is 38.0 Å². The molecular formula is C14H18ClNO3. The van der Waals surface area contributed by atoms with Crippen molar-refractivity contribution >= 4 is 23.3 Å². The van der Waals surface area contributed by atoms with Gasteiger partial charge >= 0.3 is 5.97 Å². The third-order valence-corrected chi connectivity index (χ3v) is 3.99. The number of aromatic carboxylic acids is 1. The predicted molar refractivity (Wildman–Crippen MR) is 75.3 cm³/mol. The number of hydrogen-bond donors (Lipinski definition) is 1. The Hall–Kier alpha value is -1.26. The molecule has 1 saturated heterocycles. The molecule has 0 aliphatic carbocycles. The number of rotatable bonds is 3. The number of carbonyl (C=O) groups is 1. The summed E-state index contributed by atoms with van der Waals surface area (Å²) in [5.74, 6) is -0.964. The summed E-state index contributed by atoms with van der Waals surface area (Å²) in [6.07, 6.45) is 2.05. The van der Waals surface area contributed by atoms with Gasteiger partial charge in [-0.15, -0.1) is 0 Å². The standard InChI is InChI=1S/C14H18ClNO3/c1-14(19-2)6-3-7-16(9-14)12-5-4-10(13(17)18)8-11(12)15/h4-5,8H,3,6-7,9H2,1-2H3,(H,17,18). The molecule has 1 fully saturated rings. The normalized spacial score (nSPS) is 23.4. The molecule has 1 aliphatic rings. The van der Waals surface area contributed by atoms with Crippen LogP contribution in [-0.2, 0) is 4.74 Å². The van der Waals surface area contributed by atoms with Gasteiger partial charge in [-0.3, -0.25) is 0 Å². The van der Waals surface area contributed by atoms with Gasteiger partial charge in [-0.2, -0.15) is 0 Å². The largest absolute Gasteiger partial charge is 0.478 e. The van der Waals surface area contributed by atoms with E-state index in [1.807, 2.05) is 0 Å². The molecule has 0 radical (unpaired) electrons. The Morgan fingerprint density at radius 1 is 1.53 bits per heavy atom. The van der Waals surface area contributed by atoms with Crippen molar-refractivity contribution in [2.24, 2.45) is 0 Å². The van der Waals surface area contributed by atoms with Crippen LogP contribution in [0.5, 0.6) is 0 Å². The number of piperidine rings is 1. The van der Waals surface area contributed by atoms with Crippen LogP contribution in [0, 0.1) is 0 Å². The van der Waals surface area contributed by atoms with Gasteiger partial charge in [0.15, 0.2) is 0 Å².